The third kappa shape index (κ3) is 3.59. The summed E-state index contributed by atoms with van der Waals surface area (Å²) in [4.78, 5) is 0. The molecule has 0 spiro atoms. The first-order valence-corrected chi connectivity index (χ1v) is 8.49. The van der Waals surface area contributed by atoms with Crippen molar-refractivity contribution in [1.82, 2.24) is 0 Å². The lowest BCUT2D eigenvalue weighted by Crippen LogP contribution is -2.35. The largest absolute Gasteiger partial charge is 0.618 e. The van der Waals surface area contributed by atoms with Crippen LogP contribution in [0.3, 0.4) is 0 Å². The number of benzene rings is 2. The summed E-state index contributed by atoms with van der Waals surface area (Å²) in [6, 6.07) is 16.0. The van der Waals surface area contributed by atoms with Crippen LogP contribution in [-0.4, -0.2) is 10.9 Å². The molecule has 2 N–H and O–H groups in total. The van der Waals surface area contributed by atoms with Crippen molar-refractivity contribution in [2.45, 2.75) is 6.92 Å². The van der Waals surface area contributed by atoms with Gasteiger partial charge in [-0.05, 0) is 42.8 Å². The first-order chi connectivity index (χ1) is 12.5. The van der Waals surface area contributed by atoms with Crippen molar-refractivity contribution in [2.75, 3.05) is 5.32 Å². The molecular formula is C19H15Cl2N3O2. The molecule has 1 aromatic heterocycles. The smallest absolute Gasteiger partial charge is 0.265 e. The number of hydrogen-bond donors (Lipinski definition) is 2. The van der Waals surface area contributed by atoms with Gasteiger partial charge in [-0.3, -0.25) is 0 Å². The van der Waals surface area contributed by atoms with Gasteiger partial charge in [-0.25, -0.2) is 0 Å². The van der Waals surface area contributed by atoms with Crippen LogP contribution in [0, 0.1) is 12.1 Å². The average Bonchev–Trinajstić information content (AvgIpc) is 2.61. The van der Waals surface area contributed by atoms with Crippen LogP contribution in [0.1, 0.15) is 16.8 Å². The van der Waals surface area contributed by atoms with Gasteiger partial charge in [0.1, 0.15) is 5.02 Å². The summed E-state index contributed by atoms with van der Waals surface area (Å²) < 4.78 is 0.535. The van der Waals surface area contributed by atoms with Gasteiger partial charge in [0, 0.05) is 23.0 Å². The summed E-state index contributed by atoms with van der Waals surface area (Å²) in [5.41, 5.74) is 3.22. The molecule has 5 nitrogen and oxygen atoms in total. The number of pyridine rings is 1. The molecule has 7 heteroatoms. The number of nitrogens with one attached hydrogen (secondary N) is 1. The van der Waals surface area contributed by atoms with Crippen molar-refractivity contribution >= 4 is 40.3 Å². The van der Waals surface area contributed by atoms with Crippen molar-refractivity contribution in [3.8, 4) is 0 Å². The molecule has 0 atom stereocenters. The predicted octanol–water partition coefficient (Wildman–Crippen LogP) is 4.91. The zero-order chi connectivity index (χ0) is 18.7. The molecule has 3 aromatic rings. The second-order valence-electron chi connectivity index (χ2n) is 5.61. The molecule has 0 fully saturated rings. The van der Waals surface area contributed by atoms with E-state index in [1.165, 1.54) is 12.3 Å². The molecule has 0 aliphatic carbocycles. The standard InChI is InChI=1S/C19H15Cl2N3O2/c1-12-5-2-3-7-17(12)22-13-8-9-14(16(21)11-13)18(23-25)19-15(20)6-4-10-24(19)26/h2-11,22,25H,1H3/b23-18-. The Morgan fingerprint density at radius 3 is 2.50 bits per heavy atom. The van der Waals surface area contributed by atoms with E-state index in [-0.39, 0.29) is 16.4 Å². The van der Waals surface area contributed by atoms with Crippen LogP contribution in [0.25, 0.3) is 0 Å². The highest BCUT2D eigenvalue weighted by atomic mass is 35.5. The van der Waals surface area contributed by atoms with E-state index in [1.54, 1.807) is 24.3 Å². The lowest BCUT2D eigenvalue weighted by Gasteiger charge is -2.12. The Morgan fingerprint density at radius 1 is 1.08 bits per heavy atom. The Kier molecular flexibility index (Phi) is 5.30. The maximum absolute atomic E-state index is 12.1. The van der Waals surface area contributed by atoms with Crippen LogP contribution in [0.2, 0.25) is 10.0 Å². The zero-order valence-electron chi connectivity index (χ0n) is 13.8. The molecule has 2 aromatic carbocycles. The minimum Gasteiger partial charge on any atom is -0.618 e. The number of aryl methyl sites for hydroxylation is 1. The van der Waals surface area contributed by atoms with Gasteiger partial charge in [0.25, 0.3) is 5.69 Å². The van der Waals surface area contributed by atoms with E-state index in [0.29, 0.717) is 15.3 Å². The van der Waals surface area contributed by atoms with Crippen molar-refractivity contribution < 1.29 is 9.94 Å². The Hall–Kier alpha value is -2.76. The van der Waals surface area contributed by atoms with Crippen LogP contribution in [-0.2, 0) is 0 Å². The van der Waals surface area contributed by atoms with E-state index in [2.05, 4.69) is 10.5 Å². The van der Waals surface area contributed by atoms with E-state index < -0.39 is 0 Å². The third-order valence-corrected chi connectivity index (χ3v) is 4.50. The van der Waals surface area contributed by atoms with Gasteiger partial charge >= 0.3 is 0 Å². The molecule has 0 aliphatic rings. The van der Waals surface area contributed by atoms with Crippen LogP contribution in [0.15, 0.2) is 65.9 Å². The number of para-hydroxylation sites is 1. The quantitative estimate of drug-likeness (QED) is 0.219. The van der Waals surface area contributed by atoms with Crippen molar-refractivity contribution in [3.05, 3.63) is 92.9 Å². The number of hydrogen-bond acceptors (Lipinski definition) is 4. The fourth-order valence-corrected chi connectivity index (χ4v) is 3.08. The lowest BCUT2D eigenvalue weighted by molar-refractivity contribution is -0.606. The molecule has 0 unspecified atom stereocenters. The Morgan fingerprint density at radius 2 is 1.85 bits per heavy atom. The van der Waals surface area contributed by atoms with Crippen molar-refractivity contribution in [2.24, 2.45) is 5.16 Å². The maximum Gasteiger partial charge on any atom is 0.265 e. The summed E-state index contributed by atoms with van der Waals surface area (Å²) in [5, 5.41) is 28.5. The summed E-state index contributed by atoms with van der Waals surface area (Å²) in [7, 11) is 0. The number of halogens is 2. The number of anilines is 2. The number of nitrogens with zero attached hydrogens (tertiary/aromatic N) is 2. The highest BCUT2D eigenvalue weighted by Gasteiger charge is 2.23. The van der Waals surface area contributed by atoms with Crippen LogP contribution < -0.4 is 10.0 Å². The molecule has 0 bridgehead atoms. The van der Waals surface area contributed by atoms with Gasteiger partial charge in [-0.1, -0.05) is 46.6 Å². The summed E-state index contributed by atoms with van der Waals surface area (Å²) in [5.74, 6) is 0. The highest BCUT2D eigenvalue weighted by Crippen LogP contribution is 2.28. The van der Waals surface area contributed by atoms with Crippen LogP contribution >= 0.6 is 23.2 Å². The number of rotatable bonds is 4. The SMILES string of the molecule is Cc1ccccc1Nc1ccc(/C(=N/O)c2c(Cl)ccc[n+]2[O-])c(Cl)c1. The molecule has 0 saturated heterocycles. The summed E-state index contributed by atoms with van der Waals surface area (Å²) >= 11 is 12.5. The zero-order valence-corrected chi connectivity index (χ0v) is 15.3. The molecule has 132 valence electrons. The molecule has 0 radical (unpaired) electrons. The average molecular weight is 388 g/mol. The highest BCUT2D eigenvalue weighted by molar-refractivity contribution is 6.38. The van der Waals surface area contributed by atoms with E-state index >= 15 is 0 Å². The molecule has 0 aliphatic heterocycles. The van der Waals surface area contributed by atoms with Crippen LogP contribution in [0.4, 0.5) is 11.4 Å². The van der Waals surface area contributed by atoms with Crippen molar-refractivity contribution in [1.29, 1.82) is 0 Å². The summed E-state index contributed by atoms with van der Waals surface area (Å²) in [6.07, 6.45) is 1.27. The van der Waals surface area contributed by atoms with Gasteiger partial charge in [-0.2, -0.15) is 4.73 Å². The minimum absolute atomic E-state index is 0.00181. The molecule has 3 rings (SSSR count). The molecular weight excluding hydrogens is 373 g/mol. The predicted molar refractivity (Wildman–Crippen MR) is 104 cm³/mol. The van der Waals surface area contributed by atoms with Gasteiger partial charge < -0.3 is 15.7 Å². The third-order valence-electron chi connectivity index (χ3n) is 3.88. The Bertz CT molecular complexity index is 970. The normalized spacial score (nSPS) is 11.4. The topological polar surface area (TPSA) is 71.6 Å². The van der Waals surface area contributed by atoms with Gasteiger partial charge in [0.2, 0.25) is 0 Å². The van der Waals surface area contributed by atoms with E-state index in [0.717, 1.165) is 16.9 Å². The van der Waals surface area contributed by atoms with Crippen LogP contribution in [0.5, 0.6) is 0 Å². The second-order valence-corrected chi connectivity index (χ2v) is 6.43. The van der Waals surface area contributed by atoms with E-state index in [9.17, 15) is 10.4 Å². The first kappa shape index (κ1) is 18.0. The van der Waals surface area contributed by atoms with Crippen molar-refractivity contribution in [3.63, 3.8) is 0 Å². The van der Waals surface area contributed by atoms with Gasteiger partial charge in [-0.15, -0.1) is 0 Å². The fraction of sp³-hybridized carbons (Fsp3) is 0.0526. The fourth-order valence-electron chi connectivity index (χ4n) is 2.56. The van der Waals surface area contributed by atoms with E-state index in [4.69, 9.17) is 23.2 Å². The summed E-state index contributed by atoms with van der Waals surface area (Å²) in [6.45, 7) is 2.00. The maximum atomic E-state index is 12.1. The first-order valence-electron chi connectivity index (χ1n) is 7.74. The Balaban J connectivity index is 1.98. The molecule has 26 heavy (non-hydrogen) atoms. The Labute approximate surface area is 160 Å². The molecule has 0 saturated carbocycles. The second kappa shape index (κ2) is 7.64. The van der Waals surface area contributed by atoms with Gasteiger partial charge in [0.15, 0.2) is 11.9 Å². The molecule has 0 amide bonds. The minimum atomic E-state index is -0.00181. The van der Waals surface area contributed by atoms with E-state index in [1.807, 2.05) is 31.2 Å². The van der Waals surface area contributed by atoms with Gasteiger partial charge in [0.05, 0.1) is 5.02 Å². The lowest BCUT2D eigenvalue weighted by atomic mass is 10.1. The number of aromatic nitrogens is 1. The number of oxime groups is 1. The monoisotopic (exact) mass is 387 g/mol. The molecule has 1 heterocycles.